The van der Waals surface area contributed by atoms with Crippen molar-refractivity contribution in [3.63, 3.8) is 0 Å². The van der Waals surface area contributed by atoms with Crippen LogP contribution in [0.25, 0.3) is 0 Å². The molecule has 1 aliphatic carbocycles. The molecule has 0 bridgehead atoms. The molecule has 0 spiro atoms. The van der Waals surface area contributed by atoms with Crippen LogP contribution in [0.15, 0.2) is 73.7 Å². The predicted octanol–water partition coefficient (Wildman–Crippen LogP) is 5.64. The fraction of sp³-hybridized carbons (Fsp3) is 0.304. The van der Waals surface area contributed by atoms with Crippen LogP contribution in [0.5, 0.6) is 5.88 Å². The molecule has 0 radical (unpaired) electrons. The Kier molecular flexibility index (Phi) is 6.40. The summed E-state index contributed by atoms with van der Waals surface area (Å²) in [6, 6.07) is 17.6. The zero-order valence-electron chi connectivity index (χ0n) is 16.1. The van der Waals surface area contributed by atoms with E-state index in [0.29, 0.717) is 18.3 Å². The fourth-order valence-corrected chi connectivity index (χ4v) is 4.94. The van der Waals surface area contributed by atoms with Gasteiger partial charge in [-0.3, -0.25) is 9.36 Å². The van der Waals surface area contributed by atoms with E-state index in [4.69, 9.17) is 0 Å². The van der Waals surface area contributed by atoms with Crippen LogP contribution in [0.2, 0.25) is 0 Å². The van der Waals surface area contributed by atoms with Crippen molar-refractivity contribution in [2.24, 2.45) is 5.92 Å². The van der Waals surface area contributed by atoms with Crippen LogP contribution in [0, 0.1) is 5.92 Å². The average Bonchev–Trinajstić information content (AvgIpc) is 3.23. The van der Waals surface area contributed by atoms with Crippen LogP contribution >= 0.6 is 27.7 Å². The zero-order chi connectivity index (χ0) is 20.2. The molecule has 2 aromatic carbocycles. The summed E-state index contributed by atoms with van der Waals surface area (Å²) in [5.74, 6) is 1.05. The highest BCUT2D eigenvalue weighted by atomic mass is 79.9. The van der Waals surface area contributed by atoms with E-state index < -0.39 is 0 Å². The van der Waals surface area contributed by atoms with Gasteiger partial charge in [0, 0.05) is 15.8 Å². The lowest BCUT2D eigenvalue weighted by atomic mass is 10.0. The molecular formula is C23H23BrN2O2S. The highest BCUT2D eigenvalue weighted by molar-refractivity contribution is 9.10. The third-order valence-corrected chi connectivity index (χ3v) is 6.95. The first kappa shape index (κ1) is 20.2. The maximum Gasteiger partial charge on any atom is 0.271 e. The van der Waals surface area contributed by atoms with Gasteiger partial charge in [-0.2, -0.15) is 4.98 Å². The lowest BCUT2D eigenvalue weighted by Crippen LogP contribution is -2.28. The van der Waals surface area contributed by atoms with E-state index in [2.05, 4.69) is 20.9 Å². The first-order valence-corrected chi connectivity index (χ1v) is 11.5. The summed E-state index contributed by atoms with van der Waals surface area (Å²) in [4.78, 5) is 19.1. The van der Waals surface area contributed by atoms with E-state index in [1.807, 2.05) is 54.6 Å². The van der Waals surface area contributed by atoms with Crippen molar-refractivity contribution in [1.82, 2.24) is 9.55 Å². The first-order chi connectivity index (χ1) is 14.1. The molecule has 29 heavy (non-hydrogen) atoms. The molecule has 1 saturated carbocycles. The molecule has 0 atom stereocenters. The number of rotatable bonds is 6. The minimum Gasteiger partial charge on any atom is -0.492 e. The summed E-state index contributed by atoms with van der Waals surface area (Å²) >= 11 is 4.68. The van der Waals surface area contributed by atoms with Gasteiger partial charge in [-0.05, 0) is 35.7 Å². The lowest BCUT2D eigenvalue weighted by molar-refractivity contribution is 0.415. The highest BCUT2D eigenvalue weighted by Gasteiger charge is 2.22. The molecule has 6 heteroatoms. The molecule has 0 aliphatic heterocycles. The number of halogens is 1. The fourth-order valence-electron chi connectivity index (χ4n) is 3.84. The van der Waals surface area contributed by atoms with Crippen LogP contribution in [0.3, 0.4) is 0 Å². The average molecular weight is 471 g/mol. The highest BCUT2D eigenvalue weighted by Crippen LogP contribution is 2.33. The van der Waals surface area contributed by atoms with Crippen LogP contribution in [-0.4, -0.2) is 14.7 Å². The van der Waals surface area contributed by atoms with E-state index in [0.717, 1.165) is 34.2 Å². The molecule has 4 nitrogen and oxygen atoms in total. The van der Waals surface area contributed by atoms with E-state index in [-0.39, 0.29) is 16.3 Å². The Balaban J connectivity index is 1.73. The van der Waals surface area contributed by atoms with Gasteiger partial charge in [-0.25, -0.2) is 0 Å². The molecule has 1 N–H and O–H groups in total. The third-order valence-electron chi connectivity index (χ3n) is 5.35. The Morgan fingerprint density at radius 2 is 1.76 bits per heavy atom. The predicted molar refractivity (Wildman–Crippen MR) is 120 cm³/mol. The quantitative estimate of drug-likeness (QED) is 0.505. The Bertz CT molecular complexity index is 1030. The molecular weight excluding hydrogens is 448 g/mol. The topological polar surface area (TPSA) is 55.1 Å². The van der Waals surface area contributed by atoms with Gasteiger partial charge < -0.3 is 5.11 Å². The number of nitrogens with zero attached hydrogens (tertiary/aromatic N) is 2. The Morgan fingerprint density at radius 3 is 2.45 bits per heavy atom. The number of hydrogen-bond donors (Lipinski definition) is 1. The van der Waals surface area contributed by atoms with E-state index >= 15 is 0 Å². The van der Waals surface area contributed by atoms with Crippen molar-refractivity contribution >= 4 is 27.7 Å². The van der Waals surface area contributed by atoms with Gasteiger partial charge in [0.25, 0.3) is 5.56 Å². The summed E-state index contributed by atoms with van der Waals surface area (Å²) < 4.78 is 2.71. The van der Waals surface area contributed by atoms with Gasteiger partial charge in [-0.1, -0.05) is 83.7 Å². The van der Waals surface area contributed by atoms with Crippen LogP contribution in [0.4, 0.5) is 0 Å². The molecule has 150 valence electrons. The number of hydrogen-bond acceptors (Lipinski definition) is 4. The normalized spacial score (nSPS) is 14.4. The van der Waals surface area contributed by atoms with Crippen molar-refractivity contribution in [2.75, 3.05) is 0 Å². The number of aromatic hydroxyl groups is 1. The summed E-state index contributed by atoms with van der Waals surface area (Å²) in [7, 11) is 0. The van der Waals surface area contributed by atoms with Gasteiger partial charge >= 0.3 is 0 Å². The van der Waals surface area contributed by atoms with E-state index in [1.165, 1.54) is 24.6 Å². The minimum atomic E-state index is -0.178. The summed E-state index contributed by atoms with van der Waals surface area (Å²) in [6.07, 6.45) is 5.53. The van der Waals surface area contributed by atoms with Crippen molar-refractivity contribution in [3.05, 3.63) is 80.8 Å². The van der Waals surface area contributed by atoms with E-state index in [1.54, 1.807) is 4.57 Å². The van der Waals surface area contributed by atoms with Gasteiger partial charge in [0.1, 0.15) is 10.7 Å². The molecule has 0 unspecified atom stereocenters. The molecule has 3 aromatic rings. The second-order valence-corrected chi connectivity index (χ2v) is 9.47. The van der Waals surface area contributed by atoms with Gasteiger partial charge in [-0.15, -0.1) is 0 Å². The molecule has 1 fully saturated rings. The maximum absolute atomic E-state index is 13.4. The van der Waals surface area contributed by atoms with Gasteiger partial charge in [0.05, 0.1) is 6.54 Å². The Labute approximate surface area is 183 Å². The van der Waals surface area contributed by atoms with Gasteiger partial charge in [0.15, 0.2) is 0 Å². The molecule has 0 saturated heterocycles. The summed E-state index contributed by atoms with van der Waals surface area (Å²) in [5, 5.41) is 10.6. The molecule has 4 rings (SSSR count). The van der Waals surface area contributed by atoms with Crippen LogP contribution in [0.1, 0.15) is 37.1 Å². The number of benzene rings is 2. The molecule has 0 amide bonds. The third kappa shape index (κ3) is 4.93. The second-order valence-electron chi connectivity index (χ2n) is 7.47. The molecule has 1 heterocycles. The Morgan fingerprint density at radius 1 is 1.07 bits per heavy atom. The molecule has 1 aromatic heterocycles. The van der Waals surface area contributed by atoms with Crippen LogP contribution in [-0.2, 0) is 13.0 Å². The van der Waals surface area contributed by atoms with Crippen molar-refractivity contribution in [2.45, 2.75) is 48.4 Å². The monoisotopic (exact) mass is 470 g/mol. The smallest absolute Gasteiger partial charge is 0.271 e. The second kappa shape index (κ2) is 9.18. The standard InChI is InChI=1S/C23H23BrN2O2S/c24-18-10-12-19(13-11-18)29-21-22(27)25-20(14-16-6-4-5-7-16)26(23(21)28)15-17-8-2-1-3-9-17/h1-3,8-13,16,27H,4-7,14-15H2. The van der Waals surface area contributed by atoms with E-state index in [9.17, 15) is 9.90 Å². The Hall–Kier alpha value is -2.05. The van der Waals surface area contributed by atoms with Crippen molar-refractivity contribution in [3.8, 4) is 5.88 Å². The number of aromatic nitrogens is 2. The molecule has 1 aliphatic rings. The largest absolute Gasteiger partial charge is 0.492 e. The minimum absolute atomic E-state index is 0.166. The van der Waals surface area contributed by atoms with Crippen molar-refractivity contribution < 1.29 is 5.11 Å². The van der Waals surface area contributed by atoms with Gasteiger partial charge in [0.2, 0.25) is 5.88 Å². The zero-order valence-corrected chi connectivity index (χ0v) is 18.5. The SMILES string of the molecule is O=c1c(Sc2ccc(Br)cc2)c(O)nc(CC2CCCC2)n1Cc1ccccc1. The summed E-state index contributed by atoms with van der Waals surface area (Å²) in [6.45, 7) is 0.461. The lowest BCUT2D eigenvalue weighted by Gasteiger charge is -2.17. The van der Waals surface area contributed by atoms with Crippen LogP contribution < -0.4 is 5.56 Å². The van der Waals surface area contributed by atoms with Crippen molar-refractivity contribution in [1.29, 1.82) is 0 Å². The summed E-state index contributed by atoms with van der Waals surface area (Å²) in [5.41, 5.74) is 0.872. The first-order valence-electron chi connectivity index (χ1n) is 9.90. The maximum atomic E-state index is 13.4.